The van der Waals surface area contributed by atoms with E-state index in [1.165, 1.54) is 5.56 Å². The summed E-state index contributed by atoms with van der Waals surface area (Å²) in [6, 6.07) is 9.72. The molecule has 2 aromatic rings. The monoisotopic (exact) mass is 294 g/mol. The highest BCUT2D eigenvalue weighted by Crippen LogP contribution is 2.28. The summed E-state index contributed by atoms with van der Waals surface area (Å²) >= 11 is 12.3. The van der Waals surface area contributed by atoms with Crippen molar-refractivity contribution in [1.82, 2.24) is 10.3 Å². The third-order valence-electron chi connectivity index (χ3n) is 2.95. The minimum atomic E-state index is 0.139. The van der Waals surface area contributed by atoms with Gasteiger partial charge in [-0.15, -0.1) is 0 Å². The van der Waals surface area contributed by atoms with Gasteiger partial charge in [0.15, 0.2) is 0 Å². The van der Waals surface area contributed by atoms with Crippen LogP contribution >= 0.6 is 23.2 Å². The standard InChI is InChI=1S/C15H16Cl2N2/c1-2-19-15(8-11-4-3-7-18-10-11)13-9-12(16)5-6-14(13)17/h3-7,9-10,15,19H,2,8H2,1H3. The zero-order valence-corrected chi connectivity index (χ0v) is 12.2. The lowest BCUT2D eigenvalue weighted by atomic mass is 9.99. The van der Waals surface area contributed by atoms with Crippen LogP contribution in [0.25, 0.3) is 0 Å². The summed E-state index contributed by atoms with van der Waals surface area (Å²) < 4.78 is 0. The Kier molecular flexibility index (Phi) is 5.20. The van der Waals surface area contributed by atoms with Crippen LogP contribution < -0.4 is 5.32 Å². The van der Waals surface area contributed by atoms with Crippen molar-refractivity contribution in [3.05, 3.63) is 63.9 Å². The average molecular weight is 295 g/mol. The second-order valence-electron chi connectivity index (χ2n) is 4.34. The Morgan fingerprint density at radius 2 is 2.11 bits per heavy atom. The average Bonchev–Trinajstić information content (AvgIpc) is 2.42. The van der Waals surface area contributed by atoms with E-state index in [1.807, 2.05) is 24.4 Å². The van der Waals surface area contributed by atoms with Crippen LogP contribution in [0.2, 0.25) is 10.0 Å². The van der Waals surface area contributed by atoms with Crippen LogP contribution in [0.3, 0.4) is 0 Å². The number of rotatable bonds is 5. The summed E-state index contributed by atoms with van der Waals surface area (Å²) in [4.78, 5) is 4.14. The zero-order chi connectivity index (χ0) is 13.7. The fourth-order valence-corrected chi connectivity index (χ4v) is 2.50. The first-order valence-electron chi connectivity index (χ1n) is 6.28. The van der Waals surface area contributed by atoms with Crippen molar-refractivity contribution in [2.24, 2.45) is 0 Å². The summed E-state index contributed by atoms with van der Waals surface area (Å²) in [6.07, 6.45) is 4.49. The number of pyridine rings is 1. The molecule has 0 spiro atoms. The molecule has 1 N–H and O–H groups in total. The molecule has 0 saturated heterocycles. The van der Waals surface area contributed by atoms with E-state index in [1.54, 1.807) is 12.3 Å². The summed E-state index contributed by atoms with van der Waals surface area (Å²) in [6.45, 7) is 2.95. The second kappa shape index (κ2) is 6.90. The van der Waals surface area contributed by atoms with Gasteiger partial charge in [0, 0.05) is 28.5 Å². The molecule has 0 radical (unpaired) electrons. The third-order valence-corrected chi connectivity index (χ3v) is 3.53. The number of benzene rings is 1. The van der Waals surface area contributed by atoms with Gasteiger partial charge in [0.05, 0.1) is 0 Å². The van der Waals surface area contributed by atoms with Crippen molar-refractivity contribution in [2.45, 2.75) is 19.4 Å². The van der Waals surface area contributed by atoms with E-state index in [4.69, 9.17) is 23.2 Å². The molecular formula is C15H16Cl2N2. The highest BCUT2D eigenvalue weighted by atomic mass is 35.5. The maximum absolute atomic E-state index is 6.28. The molecule has 2 nitrogen and oxygen atoms in total. The van der Waals surface area contributed by atoms with Crippen molar-refractivity contribution >= 4 is 23.2 Å². The van der Waals surface area contributed by atoms with E-state index in [0.29, 0.717) is 5.02 Å². The normalized spacial score (nSPS) is 12.4. The molecule has 1 aromatic carbocycles. The molecule has 0 saturated carbocycles. The Morgan fingerprint density at radius 1 is 1.26 bits per heavy atom. The highest BCUT2D eigenvalue weighted by Gasteiger charge is 2.15. The zero-order valence-electron chi connectivity index (χ0n) is 10.7. The Hall–Kier alpha value is -1.09. The first kappa shape index (κ1) is 14.3. The van der Waals surface area contributed by atoms with Crippen molar-refractivity contribution in [1.29, 1.82) is 0 Å². The van der Waals surface area contributed by atoms with Crippen molar-refractivity contribution in [3.63, 3.8) is 0 Å². The Labute approximate surface area is 123 Å². The second-order valence-corrected chi connectivity index (χ2v) is 5.19. The van der Waals surface area contributed by atoms with Crippen molar-refractivity contribution < 1.29 is 0 Å². The minimum absolute atomic E-state index is 0.139. The maximum atomic E-state index is 6.28. The fraction of sp³-hybridized carbons (Fsp3) is 0.267. The van der Waals surface area contributed by atoms with Gasteiger partial charge < -0.3 is 5.32 Å². The number of hydrogen-bond acceptors (Lipinski definition) is 2. The van der Waals surface area contributed by atoms with Gasteiger partial charge in [-0.3, -0.25) is 4.98 Å². The Morgan fingerprint density at radius 3 is 2.79 bits per heavy atom. The molecule has 1 unspecified atom stereocenters. The summed E-state index contributed by atoms with van der Waals surface area (Å²) in [5.41, 5.74) is 2.20. The third kappa shape index (κ3) is 3.93. The van der Waals surface area contributed by atoms with Crippen LogP contribution in [-0.2, 0) is 6.42 Å². The summed E-state index contributed by atoms with van der Waals surface area (Å²) in [5, 5.41) is 4.88. The molecule has 0 aliphatic heterocycles. The van der Waals surface area contributed by atoms with Gasteiger partial charge in [-0.1, -0.05) is 36.2 Å². The number of nitrogens with zero attached hydrogens (tertiary/aromatic N) is 1. The van der Waals surface area contributed by atoms with Gasteiger partial charge >= 0.3 is 0 Å². The van der Waals surface area contributed by atoms with Crippen LogP contribution in [0, 0.1) is 0 Å². The lowest BCUT2D eigenvalue weighted by molar-refractivity contribution is 0.549. The van der Waals surface area contributed by atoms with E-state index in [-0.39, 0.29) is 6.04 Å². The number of nitrogens with one attached hydrogen (secondary N) is 1. The molecule has 1 aromatic heterocycles. The largest absolute Gasteiger partial charge is 0.310 e. The molecule has 4 heteroatoms. The van der Waals surface area contributed by atoms with Crippen LogP contribution in [0.1, 0.15) is 24.1 Å². The van der Waals surface area contributed by atoms with E-state index in [9.17, 15) is 0 Å². The minimum Gasteiger partial charge on any atom is -0.310 e. The van der Waals surface area contributed by atoms with Crippen LogP contribution in [0.15, 0.2) is 42.7 Å². The lowest BCUT2D eigenvalue weighted by Gasteiger charge is -2.20. The van der Waals surface area contributed by atoms with Gasteiger partial charge in [-0.25, -0.2) is 0 Å². The Bertz CT molecular complexity index is 529. The smallest absolute Gasteiger partial charge is 0.0454 e. The molecule has 0 amide bonds. The van der Waals surface area contributed by atoms with E-state index >= 15 is 0 Å². The van der Waals surface area contributed by atoms with Crippen molar-refractivity contribution in [2.75, 3.05) is 6.54 Å². The van der Waals surface area contributed by atoms with E-state index < -0.39 is 0 Å². The van der Waals surface area contributed by atoms with E-state index in [0.717, 1.165) is 23.6 Å². The number of likely N-dealkylation sites (N-methyl/N-ethyl adjacent to an activating group) is 1. The number of aromatic nitrogens is 1. The molecule has 0 aliphatic carbocycles. The number of hydrogen-bond donors (Lipinski definition) is 1. The molecule has 0 aliphatic rings. The van der Waals surface area contributed by atoms with Gasteiger partial charge in [0.1, 0.15) is 0 Å². The highest BCUT2D eigenvalue weighted by molar-refractivity contribution is 6.33. The SMILES string of the molecule is CCNC(Cc1cccnc1)c1cc(Cl)ccc1Cl. The first-order chi connectivity index (χ1) is 9.20. The molecule has 2 rings (SSSR count). The molecule has 1 atom stereocenters. The predicted octanol–water partition coefficient (Wildman–Crippen LogP) is 4.28. The van der Waals surface area contributed by atoms with Crippen LogP contribution in [-0.4, -0.2) is 11.5 Å². The maximum Gasteiger partial charge on any atom is 0.0454 e. The molecule has 0 bridgehead atoms. The van der Waals surface area contributed by atoms with Crippen LogP contribution in [0.5, 0.6) is 0 Å². The topological polar surface area (TPSA) is 24.9 Å². The lowest BCUT2D eigenvalue weighted by Crippen LogP contribution is -2.23. The molecule has 100 valence electrons. The fourth-order valence-electron chi connectivity index (χ4n) is 2.07. The Balaban J connectivity index is 2.27. The van der Waals surface area contributed by atoms with Gasteiger partial charge in [0.25, 0.3) is 0 Å². The summed E-state index contributed by atoms with van der Waals surface area (Å²) in [5.74, 6) is 0. The first-order valence-corrected chi connectivity index (χ1v) is 7.03. The predicted molar refractivity (Wildman–Crippen MR) is 80.8 cm³/mol. The van der Waals surface area contributed by atoms with Gasteiger partial charge in [-0.2, -0.15) is 0 Å². The quantitative estimate of drug-likeness (QED) is 0.890. The number of halogens is 2. The molecule has 19 heavy (non-hydrogen) atoms. The van der Waals surface area contributed by atoms with Crippen molar-refractivity contribution in [3.8, 4) is 0 Å². The molecule has 1 heterocycles. The molecular weight excluding hydrogens is 279 g/mol. The van der Waals surface area contributed by atoms with Gasteiger partial charge in [-0.05, 0) is 48.4 Å². The van der Waals surface area contributed by atoms with Gasteiger partial charge in [0.2, 0.25) is 0 Å². The van der Waals surface area contributed by atoms with E-state index in [2.05, 4.69) is 23.3 Å². The molecule has 0 fully saturated rings. The summed E-state index contributed by atoms with van der Waals surface area (Å²) in [7, 11) is 0. The van der Waals surface area contributed by atoms with Crippen LogP contribution in [0.4, 0.5) is 0 Å².